The third-order valence-corrected chi connectivity index (χ3v) is 5.72. The van der Waals surface area contributed by atoms with E-state index in [1.54, 1.807) is 34.1 Å². The second-order valence-corrected chi connectivity index (χ2v) is 7.68. The monoisotopic (exact) mass is 438 g/mol. The van der Waals surface area contributed by atoms with Gasteiger partial charge >= 0.3 is 0 Å². The van der Waals surface area contributed by atoms with Gasteiger partial charge in [0.25, 0.3) is 5.56 Å². The standard InChI is InChI=1S/C22H22N4O4S/c1-12-15(13(2)24-21(28)17(12)10-23)7-8-20(27)26-22-25-18(11-31-22)16-6-5-14(29-3)9-19(16)30-4/h5-6,9,11H,7-8H2,1-4H3,(H,24,28)(H,25,26,27). The number of pyridine rings is 1. The summed E-state index contributed by atoms with van der Waals surface area (Å²) in [5.41, 5.74) is 3.23. The lowest BCUT2D eigenvalue weighted by molar-refractivity contribution is -0.116. The maximum atomic E-state index is 12.5. The molecule has 160 valence electrons. The number of amides is 1. The van der Waals surface area contributed by atoms with Crippen LogP contribution in [0.5, 0.6) is 11.5 Å². The van der Waals surface area contributed by atoms with E-state index in [1.165, 1.54) is 11.3 Å². The Morgan fingerprint density at radius 3 is 2.74 bits per heavy atom. The van der Waals surface area contributed by atoms with Crippen molar-refractivity contribution in [2.24, 2.45) is 0 Å². The minimum absolute atomic E-state index is 0.0824. The summed E-state index contributed by atoms with van der Waals surface area (Å²) in [7, 11) is 3.16. The summed E-state index contributed by atoms with van der Waals surface area (Å²) in [4.78, 5) is 31.5. The molecule has 2 aromatic heterocycles. The summed E-state index contributed by atoms with van der Waals surface area (Å²) < 4.78 is 10.6. The van der Waals surface area contributed by atoms with Crippen molar-refractivity contribution in [3.05, 3.63) is 56.3 Å². The molecule has 1 amide bonds. The molecule has 8 nitrogen and oxygen atoms in total. The maximum absolute atomic E-state index is 12.5. The Balaban J connectivity index is 1.71. The molecule has 0 aliphatic rings. The van der Waals surface area contributed by atoms with E-state index in [-0.39, 0.29) is 17.9 Å². The number of aryl methyl sites for hydroxylation is 1. The Morgan fingerprint density at radius 2 is 2.06 bits per heavy atom. The quantitative estimate of drug-likeness (QED) is 0.582. The van der Waals surface area contributed by atoms with Gasteiger partial charge in [0.15, 0.2) is 5.13 Å². The molecule has 0 saturated heterocycles. The van der Waals surface area contributed by atoms with Crippen LogP contribution in [0.2, 0.25) is 0 Å². The number of carbonyl (C=O) groups excluding carboxylic acids is 1. The third kappa shape index (κ3) is 4.75. The molecule has 3 aromatic rings. The number of aromatic amines is 1. The Hall–Kier alpha value is -3.64. The molecule has 0 aliphatic carbocycles. The number of anilines is 1. The van der Waals surface area contributed by atoms with Crippen molar-refractivity contribution in [3.8, 4) is 28.8 Å². The number of ether oxygens (including phenoxy) is 2. The number of nitriles is 1. The van der Waals surface area contributed by atoms with Crippen LogP contribution >= 0.6 is 11.3 Å². The van der Waals surface area contributed by atoms with Crippen LogP contribution in [0.15, 0.2) is 28.4 Å². The molecule has 0 spiro atoms. The van der Waals surface area contributed by atoms with E-state index in [2.05, 4.69) is 15.3 Å². The Bertz CT molecular complexity index is 1220. The van der Waals surface area contributed by atoms with Crippen LogP contribution in [0.1, 0.15) is 28.8 Å². The average molecular weight is 439 g/mol. The van der Waals surface area contributed by atoms with Crippen molar-refractivity contribution in [1.82, 2.24) is 9.97 Å². The van der Waals surface area contributed by atoms with Crippen molar-refractivity contribution in [2.75, 3.05) is 19.5 Å². The predicted octanol–water partition coefficient (Wildman–Crippen LogP) is 3.58. The fourth-order valence-electron chi connectivity index (χ4n) is 3.31. The van der Waals surface area contributed by atoms with E-state index >= 15 is 0 Å². The van der Waals surface area contributed by atoms with Gasteiger partial charge in [0.2, 0.25) is 5.91 Å². The molecule has 1 aromatic carbocycles. The zero-order chi connectivity index (χ0) is 22.5. The Morgan fingerprint density at radius 1 is 1.29 bits per heavy atom. The van der Waals surface area contributed by atoms with Crippen LogP contribution < -0.4 is 20.3 Å². The highest BCUT2D eigenvalue weighted by Gasteiger charge is 2.15. The molecule has 0 bridgehead atoms. The van der Waals surface area contributed by atoms with Crippen LogP contribution in [-0.4, -0.2) is 30.1 Å². The SMILES string of the molecule is COc1ccc(-c2csc(NC(=O)CCc3c(C)[nH]c(=O)c(C#N)c3C)n2)c(OC)c1. The van der Waals surface area contributed by atoms with E-state index in [4.69, 9.17) is 9.47 Å². The van der Waals surface area contributed by atoms with Crippen molar-refractivity contribution in [3.63, 3.8) is 0 Å². The number of rotatable bonds is 7. The number of hydrogen-bond donors (Lipinski definition) is 2. The molecule has 9 heteroatoms. The molecule has 0 aliphatic heterocycles. The number of hydrogen-bond acceptors (Lipinski definition) is 7. The van der Waals surface area contributed by atoms with Crippen molar-refractivity contribution < 1.29 is 14.3 Å². The van der Waals surface area contributed by atoms with Crippen molar-refractivity contribution in [1.29, 1.82) is 5.26 Å². The van der Waals surface area contributed by atoms with Gasteiger partial charge in [-0.25, -0.2) is 4.98 Å². The van der Waals surface area contributed by atoms with Gasteiger partial charge < -0.3 is 19.8 Å². The molecule has 0 saturated carbocycles. The average Bonchev–Trinajstić information content (AvgIpc) is 3.21. The van der Waals surface area contributed by atoms with E-state index in [0.717, 1.165) is 11.1 Å². The lowest BCUT2D eigenvalue weighted by Gasteiger charge is -2.10. The minimum Gasteiger partial charge on any atom is -0.497 e. The lowest BCUT2D eigenvalue weighted by atomic mass is 9.99. The third-order valence-electron chi connectivity index (χ3n) is 4.96. The molecule has 2 heterocycles. The molecule has 2 N–H and O–H groups in total. The minimum atomic E-state index is -0.407. The molecule has 0 fully saturated rings. The second kappa shape index (κ2) is 9.45. The van der Waals surface area contributed by atoms with Gasteiger partial charge in [-0.3, -0.25) is 9.59 Å². The number of H-pyrrole nitrogens is 1. The first kappa shape index (κ1) is 22.1. The summed E-state index contributed by atoms with van der Waals surface area (Å²) in [6.45, 7) is 3.49. The van der Waals surface area contributed by atoms with Gasteiger partial charge in [-0.2, -0.15) is 5.26 Å². The zero-order valence-electron chi connectivity index (χ0n) is 17.7. The summed E-state index contributed by atoms with van der Waals surface area (Å²) in [6, 6.07) is 7.37. The van der Waals surface area contributed by atoms with Crippen molar-refractivity contribution in [2.45, 2.75) is 26.7 Å². The normalized spacial score (nSPS) is 10.4. The fraction of sp³-hybridized carbons (Fsp3) is 0.273. The Kier molecular flexibility index (Phi) is 6.72. The molecule has 31 heavy (non-hydrogen) atoms. The summed E-state index contributed by atoms with van der Waals surface area (Å²) in [5, 5.41) is 14.3. The predicted molar refractivity (Wildman–Crippen MR) is 119 cm³/mol. The molecule has 0 unspecified atom stereocenters. The molecular formula is C22H22N4O4S. The summed E-state index contributed by atoms with van der Waals surface area (Å²) in [6.07, 6.45) is 0.596. The van der Waals surface area contributed by atoms with Gasteiger partial charge in [-0.05, 0) is 43.5 Å². The van der Waals surface area contributed by atoms with Gasteiger partial charge in [0.05, 0.1) is 19.9 Å². The highest BCUT2D eigenvalue weighted by atomic mass is 32.1. The first-order valence-electron chi connectivity index (χ1n) is 9.48. The van der Waals surface area contributed by atoms with Crippen LogP contribution in [0.3, 0.4) is 0 Å². The topological polar surface area (TPSA) is 117 Å². The highest BCUT2D eigenvalue weighted by Crippen LogP contribution is 2.34. The van der Waals surface area contributed by atoms with Gasteiger partial charge in [0.1, 0.15) is 23.1 Å². The number of carbonyl (C=O) groups is 1. The molecule has 0 radical (unpaired) electrons. The van der Waals surface area contributed by atoms with Gasteiger partial charge in [-0.1, -0.05) is 0 Å². The molecule has 0 atom stereocenters. The number of methoxy groups -OCH3 is 2. The highest BCUT2D eigenvalue weighted by molar-refractivity contribution is 7.14. The first-order chi connectivity index (χ1) is 14.9. The van der Waals surface area contributed by atoms with Crippen LogP contribution in [0.25, 0.3) is 11.3 Å². The summed E-state index contributed by atoms with van der Waals surface area (Å²) >= 11 is 1.32. The van der Waals surface area contributed by atoms with Gasteiger partial charge in [-0.15, -0.1) is 11.3 Å². The van der Waals surface area contributed by atoms with E-state index in [1.807, 2.05) is 23.6 Å². The maximum Gasteiger partial charge on any atom is 0.266 e. The number of aromatic nitrogens is 2. The zero-order valence-corrected chi connectivity index (χ0v) is 18.5. The number of thiazole rings is 1. The largest absolute Gasteiger partial charge is 0.497 e. The molecular weight excluding hydrogens is 416 g/mol. The van der Waals surface area contributed by atoms with Crippen molar-refractivity contribution >= 4 is 22.4 Å². The number of nitrogens with zero attached hydrogens (tertiary/aromatic N) is 2. The van der Waals surface area contributed by atoms with Crippen LogP contribution in [0.4, 0.5) is 5.13 Å². The number of benzene rings is 1. The Labute approximate surface area is 183 Å². The smallest absolute Gasteiger partial charge is 0.266 e. The fourth-order valence-corrected chi connectivity index (χ4v) is 4.03. The van der Waals surface area contributed by atoms with E-state index in [0.29, 0.717) is 40.0 Å². The lowest BCUT2D eigenvalue weighted by Crippen LogP contribution is -2.18. The van der Waals surface area contributed by atoms with Gasteiger partial charge in [0, 0.05) is 29.1 Å². The second-order valence-electron chi connectivity index (χ2n) is 6.82. The van der Waals surface area contributed by atoms with E-state index in [9.17, 15) is 14.9 Å². The number of nitrogens with one attached hydrogen (secondary N) is 2. The summed E-state index contributed by atoms with van der Waals surface area (Å²) in [5.74, 6) is 1.10. The van der Waals surface area contributed by atoms with E-state index < -0.39 is 5.56 Å². The molecule has 3 rings (SSSR count). The first-order valence-corrected chi connectivity index (χ1v) is 10.4. The van der Waals surface area contributed by atoms with Crippen LogP contribution in [0, 0.1) is 25.2 Å². The van der Waals surface area contributed by atoms with Crippen LogP contribution in [-0.2, 0) is 11.2 Å².